The number of pyridine rings is 1. The van der Waals surface area contributed by atoms with E-state index in [1.165, 1.54) is 18.2 Å². The Morgan fingerprint density at radius 1 is 1.36 bits per heavy atom. The van der Waals surface area contributed by atoms with Gasteiger partial charge < -0.3 is 9.88 Å². The van der Waals surface area contributed by atoms with Crippen LogP contribution in [0.5, 0.6) is 0 Å². The molecule has 0 atom stereocenters. The van der Waals surface area contributed by atoms with Gasteiger partial charge in [-0.3, -0.25) is 9.89 Å². The smallest absolute Gasteiger partial charge is 0.223 e. The molecule has 0 radical (unpaired) electrons. The van der Waals surface area contributed by atoms with E-state index in [0.29, 0.717) is 11.1 Å². The molecule has 2 N–H and O–H groups in total. The van der Waals surface area contributed by atoms with E-state index in [-0.39, 0.29) is 5.91 Å². The van der Waals surface area contributed by atoms with E-state index in [2.05, 4.69) is 39.0 Å². The summed E-state index contributed by atoms with van der Waals surface area (Å²) in [5.74, 6) is 0.684. The molecule has 25 heavy (non-hydrogen) atoms. The van der Waals surface area contributed by atoms with Gasteiger partial charge in [0.05, 0.1) is 11.9 Å². The number of anilines is 1. The molecule has 7 nitrogen and oxygen atoms in total. The van der Waals surface area contributed by atoms with Gasteiger partial charge in [-0.05, 0) is 30.7 Å². The van der Waals surface area contributed by atoms with Crippen LogP contribution in [0, 0.1) is 5.41 Å². The summed E-state index contributed by atoms with van der Waals surface area (Å²) in [6.45, 7) is 6.10. The molecule has 130 valence electrons. The molecule has 7 heteroatoms. The van der Waals surface area contributed by atoms with Crippen molar-refractivity contribution in [1.82, 2.24) is 25.1 Å². The Bertz CT molecular complexity index is 967. The van der Waals surface area contributed by atoms with E-state index in [4.69, 9.17) is 0 Å². The number of amides is 1. The molecule has 4 rings (SSSR count). The summed E-state index contributed by atoms with van der Waals surface area (Å²) in [5, 5.41) is 7.69. The number of carbonyl (C=O) groups excluding carboxylic acids is 1. The zero-order valence-corrected chi connectivity index (χ0v) is 15.0. The monoisotopic (exact) mass is 338 g/mol. The minimum absolute atomic E-state index is 0.0408. The van der Waals surface area contributed by atoms with Crippen molar-refractivity contribution >= 4 is 22.8 Å². The maximum atomic E-state index is 11.5. The SMILES string of the molecule is CC(=O)N(C)c1cnc2[nH]c(-c3n[nH]c4c3CCC(C)(C)C4)nc2c1. The summed E-state index contributed by atoms with van der Waals surface area (Å²) in [5.41, 5.74) is 5.79. The molecule has 0 aromatic carbocycles. The summed E-state index contributed by atoms with van der Waals surface area (Å²) in [7, 11) is 1.73. The van der Waals surface area contributed by atoms with Gasteiger partial charge in [-0.2, -0.15) is 5.10 Å². The molecule has 0 saturated carbocycles. The fourth-order valence-corrected chi connectivity index (χ4v) is 3.40. The van der Waals surface area contributed by atoms with Crippen LogP contribution in [0.25, 0.3) is 22.7 Å². The molecule has 0 unspecified atom stereocenters. The van der Waals surface area contributed by atoms with Gasteiger partial charge in [-0.25, -0.2) is 9.97 Å². The summed E-state index contributed by atoms with van der Waals surface area (Å²) in [6, 6.07) is 1.87. The van der Waals surface area contributed by atoms with Crippen LogP contribution in [0.1, 0.15) is 38.4 Å². The Morgan fingerprint density at radius 3 is 2.92 bits per heavy atom. The molecular weight excluding hydrogens is 316 g/mol. The van der Waals surface area contributed by atoms with Crippen molar-refractivity contribution in [2.75, 3.05) is 11.9 Å². The zero-order valence-electron chi connectivity index (χ0n) is 15.0. The van der Waals surface area contributed by atoms with Crippen LogP contribution < -0.4 is 4.90 Å². The standard InChI is InChI=1S/C18H22N6O/c1-10(25)24(4)11-7-13-16(19-9-11)21-17(20-13)15-12-5-6-18(2,3)8-14(12)22-23-15/h7,9H,5-6,8H2,1-4H3,(H,22,23)(H,19,20,21). The number of aromatic amines is 2. The van der Waals surface area contributed by atoms with Gasteiger partial charge in [0.15, 0.2) is 11.5 Å². The number of aromatic nitrogens is 5. The van der Waals surface area contributed by atoms with Crippen molar-refractivity contribution in [3.63, 3.8) is 0 Å². The maximum absolute atomic E-state index is 11.5. The number of H-pyrrole nitrogens is 2. The van der Waals surface area contributed by atoms with E-state index < -0.39 is 0 Å². The Balaban J connectivity index is 1.74. The minimum Gasteiger partial charge on any atom is -0.321 e. The fraction of sp³-hybridized carbons (Fsp3) is 0.444. The van der Waals surface area contributed by atoms with Gasteiger partial charge in [0.25, 0.3) is 0 Å². The second-order valence-electron chi connectivity index (χ2n) is 7.60. The van der Waals surface area contributed by atoms with Crippen molar-refractivity contribution in [2.24, 2.45) is 5.41 Å². The normalized spacial score (nSPS) is 16.0. The third kappa shape index (κ3) is 2.69. The number of rotatable bonds is 2. The van der Waals surface area contributed by atoms with Gasteiger partial charge in [-0.15, -0.1) is 0 Å². The fourth-order valence-electron chi connectivity index (χ4n) is 3.40. The molecule has 3 heterocycles. The van der Waals surface area contributed by atoms with Gasteiger partial charge in [-0.1, -0.05) is 13.8 Å². The molecule has 3 aromatic heterocycles. The molecule has 3 aromatic rings. The minimum atomic E-state index is -0.0408. The second-order valence-corrected chi connectivity index (χ2v) is 7.60. The molecule has 0 saturated heterocycles. The molecule has 0 aliphatic heterocycles. The summed E-state index contributed by atoms with van der Waals surface area (Å²) < 4.78 is 0. The van der Waals surface area contributed by atoms with Gasteiger partial charge in [0.2, 0.25) is 5.91 Å². The lowest BCUT2D eigenvalue weighted by molar-refractivity contribution is -0.116. The Morgan fingerprint density at radius 2 is 2.16 bits per heavy atom. The number of nitrogens with zero attached hydrogens (tertiary/aromatic N) is 4. The first kappa shape index (κ1) is 15.8. The molecule has 0 spiro atoms. The highest BCUT2D eigenvalue weighted by molar-refractivity contribution is 5.92. The lowest BCUT2D eigenvalue weighted by Gasteiger charge is -2.28. The molecule has 1 amide bonds. The maximum Gasteiger partial charge on any atom is 0.223 e. The van der Waals surface area contributed by atoms with Crippen LogP contribution >= 0.6 is 0 Å². The number of fused-ring (bicyclic) bond motifs is 2. The van der Waals surface area contributed by atoms with E-state index in [0.717, 1.165) is 42.0 Å². The Hall–Kier alpha value is -2.70. The molecular formula is C18H22N6O. The number of imidazole rings is 1. The van der Waals surface area contributed by atoms with E-state index in [9.17, 15) is 4.79 Å². The summed E-state index contributed by atoms with van der Waals surface area (Å²) in [4.78, 5) is 25.4. The third-order valence-corrected chi connectivity index (χ3v) is 5.07. The van der Waals surface area contributed by atoms with Gasteiger partial charge in [0, 0.05) is 25.2 Å². The average Bonchev–Trinajstić information content (AvgIpc) is 3.14. The van der Waals surface area contributed by atoms with Crippen molar-refractivity contribution in [1.29, 1.82) is 0 Å². The Labute approximate surface area is 145 Å². The highest BCUT2D eigenvalue weighted by Crippen LogP contribution is 2.37. The van der Waals surface area contributed by atoms with Crippen LogP contribution in [-0.2, 0) is 17.6 Å². The molecule has 0 fully saturated rings. The van der Waals surface area contributed by atoms with Crippen LogP contribution in [0.4, 0.5) is 5.69 Å². The van der Waals surface area contributed by atoms with E-state index >= 15 is 0 Å². The predicted molar refractivity (Wildman–Crippen MR) is 96.4 cm³/mol. The molecule has 1 aliphatic carbocycles. The summed E-state index contributed by atoms with van der Waals surface area (Å²) >= 11 is 0. The number of nitrogens with one attached hydrogen (secondary N) is 2. The number of carbonyl (C=O) groups is 1. The van der Waals surface area contributed by atoms with Crippen LogP contribution in [0.15, 0.2) is 12.3 Å². The lowest BCUT2D eigenvalue weighted by Crippen LogP contribution is -2.22. The topological polar surface area (TPSA) is 90.6 Å². The highest BCUT2D eigenvalue weighted by atomic mass is 16.2. The highest BCUT2D eigenvalue weighted by Gasteiger charge is 2.29. The van der Waals surface area contributed by atoms with E-state index in [1.54, 1.807) is 18.1 Å². The molecule has 0 bridgehead atoms. The zero-order chi connectivity index (χ0) is 17.8. The van der Waals surface area contributed by atoms with Crippen LogP contribution in [0.3, 0.4) is 0 Å². The van der Waals surface area contributed by atoms with Gasteiger partial charge >= 0.3 is 0 Å². The van der Waals surface area contributed by atoms with Crippen LogP contribution in [0.2, 0.25) is 0 Å². The number of hydrogen-bond donors (Lipinski definition) is 2. The first-order valence-electron chi connectivity index (χ1n) is 8.51. The van der Waals surface area contributed by atoms with Crippen molar-refractivity contribution in [2.45, 2.75) is 40.0 Å². The summed E-state index contributed by atoms with van der Waals surface area (Å²) in [6.07, 6.45) is 4.81. The Kier molecular flexibility index (Phi) is 3.42. The first-order chi connectivity index (χ1) is 11.8. The number of hydrogen-bond acceptors (Lipinski definition) is 4. The van der Waals surface area contributed by atoms with Gasteiger partial charge in [0.1, 0.15) is 11.2 Å². The predicted octanol–water partition coefficient (Wildman–Crippen LogP) is 2.85. The molecule has 1 aliphatic rings. The lowest BCUT2D eigenvalue weighted by atomic mass is 9.76. The van der Waals surface area contributed by atoms with Crippen molar-refractivity contribution < 1.29 is 4.79 Å². The van der Waals surface area contributed by atoms with Crippen molar-refractivity contribution in [3.05, 3.63) is 23.5 Å². The average molecular weight is 338 g/mol. The van der Waals surface area contributed by atoms with Crippen molar-refractivity contribution in [3.8, 4) is 11.5 Å². The quantitative estimate of drug-likeness (QED) is 0.752. The van der Waals surface area contributed by atoms with E-state index in [1.807, 2.05) is 6.07 Å². The first-order valence-corrected chi connectivity index (χ1v) is 8.51. The largest absolute Gasteiger partial charge is 0.321 e. The second kappa shape index (κ2) is 5.40. The van der Waals surface area contributed by atoms with Crippen LogP contribution in [-0.4, -0.2) is 38.1 Å². The third-order valence-electron chi connectivity index (χ3n) is 5.07.